The summed E-state index contributed by atoms with van der Waals surface area (Å²) in [5.41, 5.74) is 2.06. The number of fused-ring (bicyclic) bond motifs is 3. The minimum atomic E-state index is -0.0946. The van der Waals surface area contributed by atoms with Gasteiger partial charge in [0.1, 0.15) is 22.2 Å². The quantitative estimate of drug-likeness (QED) is 0.371. The first kappa shape index (κ1) is 18.5. The molecule has 0 unspecified atom stereocenters. The third kappa shape index (κ3) is 3.38. The molecule has 5 rings (SSSR count). The average Bonchev–Trinajstić information content (AvgIpc) is 3.32. The first-order valence-corrected chi connectivity index (χ1v) is 11.1. The lowest BCUT2D eigenvalue weighted by Gasteiger charge is -2.10. The minimum Gasteiger partial charge on any atom is -0.455 e. The van der Waals surface area contributed by atoms with Gasteiger partial charge in [-0.05, 0) is 62.4 Å². The fourth-order valence-corrected chi connectivity index (χ4v) is 5.30. The number of furan rings is 1. The summed E-state index contributed by atoms with van der Waals surface area (Å²) >= 11 is 5.09. The zero-order valence-corrected chi connectivity index (χ0v) is 18.2. The summed E-state index contributed by atoms with van der Waals surface area (Å²) in [5, 5.41) is 5.13. The van der Waals surface area contributed by atoms with Crippen LogP contribution in [0.15, 0.2) is 55.2 Å². The number of hydrogen-bond donors (Lipinski definition) is 0. The van der Waals surface area contributed by atoms with E-state index in [4.69, 9.17) is 4.42 Å². The first-order valence-electron chi connectivity index (χ1n) is 9.54. The molecule has 0 N–H and O–H groups in total. The largest absolute Gasteiger partial charge is 0.455 e. The number of benzene rings is 1. The van der Waals surface area contributed by atoms with Crippen molar-refractivity contribution in [1.29, 1.82) is 0 Å². The van der Waals surface area contributed by atoms with Crippen LogP contribution in [0.25, 0.3) is 21.5 Å². The van der Waals surface area contributed by atoms with E-state index in [9.17, 15) is 4.79 Å². The Balaban J connectivity index is 1.51. The maximum atomic E-state index is 13.1. The van der Waals surface area contributed by atoms with E-state index in [2.05, 4.69) is 26.0 Å². The van der Waals surface area contributed by atoms with Gasteiger partial charge in [-0.3, -0.25) is 4.79 Å². The Labute approximate surface area is 179 Å². The molecule has 0 amide bonds. The Kier molecular flexibility index (Phi) is 4.72. The summed E-state index contributed by atoms with van der Waals surface area (Å²) in [4.78, 5) is 19.9. The predicted octanol–water partition coefficient (Wildman–Crippen LogP) is 5.55. The molecule has 0 spiro atoms. The van der Waals surface area contributed by atoms with E-state index in [0.717, 1.165) is 45.3 Å². The minimum absolute atomic E-state index is 0.0946. The molecule has 0 saturated heterocycles. The number of aryl methyl sites for hydroxylation is 3. The summed E-state index contributed by atoms with van der Waals surface area (Å²) in [7, 11) is 0. The van der Waals surface area contributed by atoms with Gasteiger partial charge < -0.3 is 4.42 Å². The fourth-order valence-electron chi connectivity index (χ4n) is 3.74. The number of hydrogen-bond acceptors (Lipinski definition) is 5. The van der Waals surface area contributed by atoms with E-state index in [1.165, 1.54) is 21.5 Å². The number of rotatable bonds is 3. The molecule has 1 aromatic carbocycles. The predicted molar refractivity (Wildman–Crippen MR) is 120 cm³/mol. The van der Waals surface area contributed by atoms with Gasteiger partial charge in [0.2, 0.25) is 0 Å². The smallest absolute Gasteiger partial charge is 0.283 e. The second-order valence-electron chi connectivity index (χ2n) is 7.12. The molecule has 0 aliphatic heterocycles. The van der Waals surface area contributed by atoms with Crippen LogP contribution in [-0.2, 0) is 12.8 Å². The van der Waals surface area contributed by atoms with Crippen molar-refractivity contribution in [3.05, 3.63) is 73.2 Å². The molecule has 1 aliphatic carbocycles. The molecular formula is C22H18BrN3O2S. The van der Waals surface area contributed by atoms with E-state index in [1.807, 2.05) is 43.3 Å². The lowest BCUT2D eigenvalue weighted by Crippen LogP contribution is -2.21. The van der Waals surface area contributed by atoms with Crippen molar-refractivity contribution >= 4 is 43.7 Å². The van der Waals surface area contributed by atoms with Gasteiger partial charge in [0.15, 0.2) is 0 Å². The van der Waals surface area contributed by atoms with Crippen molar-refractivity contribution < 1.29 is 4.42 Å². The van der Waals surface area contributed by atoms with Crippen molar-refractivity contribution in [1.82, 2.24) is 9.66 Å². The molecule has 5 nitrogen and oxygen atoms in total. The normalized spacial score (nSPS) is 14.0. The van der Waals surface area contributed by atoms with Crippen LogP contribution in [0, 0.1) is 6.92 Å². The van der Waals surface area contributed by atoms with Crippen LogP contribution in [0.2, 0.25) is 0 Å². The molecule has 0 saturated carbocycles. The van der Waals surface area contributed by atoms with Crippen molar-refractivity contribution in [2.45, 2.75) is 32.6 Å². The van der Waals surface area contributed by atoms with E-state index in [0.29, 0.717) is 11.6 Å². The first-order chi connectivity index (χ1) is 14.1. The third-order valence-corrected chi connectivity index (χ3v) is 6.90. The molecule has 0 fully saturated rings. The highest BCUT2D eigenvalue weighted by atomic mass is 79.9. The fraction of sp³-hybridized carbons (Fsp3) is 0.227. The van der Waals surface area contributed by atoms with Crippen molar-refractivity contribution in [2.24, 2.45) is 5.10 Å². The van der Waals surface area contributed by atoms with E-state index in [1.54, 1.807) is 17.6 Å². The third-order valence-electron chi connectivity index (χ3n) is 5.18. The van der Waals surface area contributed by atoms with E-state index >= 15 is 0 Å². The summed E-state index contributed by atoms with van der Waals surface area (Å²) in [5.74, 6) is 1.92. The molecule has 0 atom stereocenters. The van der Waals surface area contributed by atoms with Crippen LogP contribution in [0.1, 0.15) is 34.9 Å². The second-order valence-corrected chi connectivity index (χ2v) is 9.12. The van der Waals surface area contributed by atoms with Gasteiger partial charge in [-0.2, -0.15) is 9.78 Å². The Morgan fingerprint density at radius 1 is 1.17 bits per heavy atom. The van der Waals surface area contributed by atoms with Gasteiger partial charge in [-0.15, -0.1) is 11.3 Å². The standard InChI is InChI=1S/C22H18BrN3O2S/c1-13-25-21-20(17-4-2-3-5-19(17)29-21)22(27)26(13)24-12-16-10-11-18(28-16)14-6-8-15(23)9-7-14/h6-12H,2-5H2,1H3/b24-12-. The zero-order valence-electron chi connectivity index (χ0n) is 15.8. The van der Waals surface area contributed by atoms with Crippen LogP contribution in [0.3, 0.4) is 0 Å². The average molecular weight is 468 g/mol. The summed E-state index contributed by atoms with van der Waals surface area (Å²) in [6.07, 6.45) is 5.88. The molecule has 0 bridgehead atoms. The maximum Gasteiger partial charge on any atom is 0.283 e. The van der Waals surface area contributed by atoms with Crippen LogP contribution in [0.5, 0.6) is 0 Å². The summed E-state index contributed by atoms with van der Waals surface area (Å²) in [6, 6.07) is 11.6. The van der Waals surface area contributed by atoms with Crippen LogP contribution >= 0.6 is 27.3 Å². The van der Waals surface area contributed by atoms with Crippen molar-refractivity contribution in [3.8, 4) is 11.3 Å². The molecule has 0 radical (unpaired) electrons. The van der Waals surface area contributed by atoms with Gasteiger partial charge in [0.05, 0.1) is 11.6 Å². The second kappa shape index (κ2) is 7.39. The Morgan fingerprint density at radius 2 is 1.97 bits per heavy atom. The summed E-state index contributed by atoms with van der Waals surface area (Å²) < 4.78 is 8.27. The van der Waals surface area contributed by atoms with Gasteiger partial charge in [0, 0.05) is 14.9 Å². The monoisotopic (exact) mass is 467 g/mol. The molecule has 3 heterocycles. The van der Waals surface area contributed by atoms with Crippen LogP contribution in [-0.4, -0.2) is 15.9 Å². The molecular weight excluding hydrogens is 450 g/mol. The Bertz CT molecular complexity index is 1300. The highest BCUT2D eigenvalue weighted by Crippen LogP contribution is 2.33. The number of aromatic nitrogens is 2. The molecule has 29 heavy (non-hydrogen) atoms. The van der Waals surface area contributed by atoms with E-state index < -0.39 is 0 Å². The van der Waals surface area contributed by atoms with Crippen molar-refractivity contribution in [2.75, 3.05) is 0 Å². The highest BCUT2D eigenvalue weighted by molar-refractivity contribution is 9.10. The molecule has 1 aliphatic rings. The van der Waals surface area contributed by atoms with Crippen LogP contribution < -0.4 is 5.56 Å². The number of halogens is 1. The number of thiophene rings is 1. The van der Waals surface area contributed by atoms with Crippen LogP contribution in [0.4, 0.5) is 0 Å². The maximum absolute atomic E-state index is 13.1. The van der Waals surface area contributed by atoms with Crippen molar-refractivity contribution in [3.63, 3.8) is 0 Å². The molecule has 146 valence electrons. The van der Waals surface area contributed by atoms with Gasteiger partial charge in [0.25, 0.3) is 5.56 Å². The topological polar surface area (TPSA) is 60.4 Å². The highest BCUT2D eigenvalue weighted by Gasteiger charge is 2.21. The Hall–Kier alpha value is -2.51. The number of nitrogens with zero attached hydrogens (tertiary/aromatic N) is 3. The molecule has 4 aromatic rings. The Morgan fingerprint density at radius 3 is 2.79 bits per heavy atom. The van der Waals surface area contributed by atoms with Gasteiger partial charge in [-0.1, -0.05) is 28.1 Å². The van der Waals surface area contributed by atoms with E-state index in [-0.39, 0.29) is 5.56 Å². The zero-order chi connectivity index (χ0) is 20.0. The molecule has 3 aromatic heterocycles. The lowest BCUT2D eigenvalue weighted by atomic mass is 9.97. The molecule has 7 heteroatoms. The van der Waals surface area contributed by atoms with Gasteiger partial charge >= 0.3 is 0 Å². The SMILES string of the molecule is Cc1nc2sc3c(c2c(=O)n1/N=C\c1ccc(-c2ccc(Br)cc2)o1)CCCC3. The summed E-state index contributed by atoms with van der Waals surface area (Å²) in [6.45, 7) is 1.81. The lowest BCUT2D eigenvalue weighted by molar-refractivity contribution is 0.573. The van der Waals surface area contributed by atoms with Gasteiger partial charge in [-0.25, -0.2) is 4.98 Å².